The summed E-state index contributed by atoms with van der Waals surface area (Å²) in [6.07, 6.45) is 4.48. The molecule has 0 aromatic carbocycles. The molecule has 2 atom stereocenters. The Balaban J connectivity index is 1.84. The smallest absolute Gasteiger partial charge is 0.158 e. The van der Waals surface area contributed by atoms with Crippen molar-refractivity contribution in [2.45, 2.75) is 12.5 Å². The van der Waals surface area contributed by atoms with Gasteiger partial charge in [-0.25, -0.2) is 9.97 Å². The molecule has 2 aliphatic heterocycles. The van der Waals surface area contributed by atoms with Crippen molar-refractivity contribution in [1.29, 1.82) is 5.26 Å². The Bertz CT molecular complexity index is 421. The van der Waals surface area contributed by atoms with Crippen molar-refractivity contribution in [1.82, 2.24) is 15.3 Å². The SMILES string of the molecule is N#Cc1cnc(N2CC[C@H]3CNC[C@H]32)cn1. The molecule has 0 bridgehead atoms. The molecule has 0 radical (unpaired) electrons. The van der Waals surface area contributed by atoms with Crippen molar-refractivity contribution in [2.24, 2.45) is 5.92 Å². The lowest BCUT2D eigenvalue weighted by Gasteiger charge is -2.23. The molecule has 3 heterocycles. The van der Waals surface area contributed by atoms with Gasteiger partial charge in [-0.3, -0.25) is 0 Å². The number of hydrogen-bond acceptors (Lipinski definition) is 5. The number of aromatic nitrogens is 2. The molecule has 0 unspecified atom stereocenters. The molecule has 0 spiro atoms. The Hall–Kier alpha value is -1.67. The first-order chi connectivity index (χ1) is 7.88. The Morgan fingerprint density at radius 2 is 2.31 bits per heavy atom. The van der Waals surface area contributed by atoms with E-state index in [-0.39, 0.29) is 0 Å². The van der Waals surface area contributed by atoms with E-state index in [0.29, 0.717) is 11.7 Å². The summed E-state index contributed by atoms with van der Waals surface area (Å²) < 4.78 is 0. The van der Waals surface area contributed by atoms with E-state index in [1.165, 1.54) is 6.42 Å². The largest absolute Gasteiger partial charge is 0.351 e. The van der Waals surface area contributed by atoms with Crippen LogP contribution in [0.15, 0.2) is 12.4 Å². The number of nitrogens with one attached hydrogen (secondary N) is 1. The average molecular weight is 215 g/mol. The van der Waals surface area contributed by atoms with Gasteiger partial charge in [0.2, 0.25) is 0 Å². The second kappa shape index (κ2) is 3.72. The molecule has 2 saturated heterocycles. The third kappa shape index (κ3) is 1.42. The topological polar surface area (TPSA) is 64.8 Å². The molecule has 0 aliphatic carbocycles. The van der Waals surface area contributed by atoms with Gasteiger partial charge in [0.15, 0.2) is 5.69 Å². The fourth-order valence-corrected chi connectivity index (χ4v) is 2.66. The van der Waals surface area contributed by atoms with Crippen LogP contribution in [0.3, 0.4) is 0 Å². The maximum absolute atomic E-state index is 8.67. The standard InChI is InChI=1S/C11H13N5/c12-3-9-5-15-11(7-14-9)16-2-1-8-4-13-6-10(8)16/h5,7-8,10,13H,1-2,4,6H2/t8-,10+/m0/s1. The number of rotatable bonds is 1. The van der Waals surface area contributed by atoms with E-state index in [1.807, 2.05) is 6.07 Å². The van der Waals surface area contributed by atoms with E-state index in [9.17, 15) is 0 Å². The highest BCUT2D eigenvalue weighted by molar-refractivity contribution is 5.41. The molecule has 1 aromatic rings. The van der Waals surface area contributed by atoms with Crippen LogP contribution in [0.5, 0.6) is 0 Å². The van der Waals surface area contributed by atoms with Gasteiger partial charge in [0.1, 0.15) is 11.9 Å². The molecule has 82 valence electrons. The maximum Gasteiger partial charge on any atom is 0.158 e. The fraction of sp³-hybridized carbons (Fsp3) is 0.545. The number of anilines is 1. The number of fused-ring (bicyclic) bond motifs is 1. The van der Waals surface area contributed by atoms with Crippen LogP contribution < -0.4 is 10.2 Å². The lowest BCUT2D eigenvalue weighted by molar-refractivity contribution is 0.577. The van der Waals surface area contributed by atoms with E-state index in [4.69, 9.17) is 5.26 Å². The van der Waals surface area contributed by atoms with Crippen LogP contribution in [0, 0.1) is 17.2 Å². The molecule has 5 heteroatoms. The monoisotopic (exact) mass is 215 g/mol. The normalized spacial score (nSPS) is 27.8. The van der Waals surface area contributed by atoms with Gasteiger partial charge in [0.25, 0.3) is 0 Å². The minimum Gasteiger partial charge on any atom is -0.351 e. The Morgan fingerprint density at radius 1 is 1.38 bits per heavy atom. The Kier molecular flexibility index (Phi) is 2.22. The van der Waals surface area contributed by atoms with E-state index in [0.717, 1.165) is 31.4 Å². The van der Waals surface area contributed by atoms with Crippen molar-refractivity contribution < 1.29 is 0 Å². The van der Waals surface area contributed by atoms with Gasteiger partial charge in [0, 0.05) is 25.7 Å². The third-order valence-corrected chi connectivity index (χ3v) is 3.49. The lowest BCUT2D eigenvalue weighted by atomic mass is 10.1. The Labute approximate surface area is 94.1 Å². The van der Waals surface area contributed by atoms with Gasteiger partial charge in [-0.15, -0.1) is 0 Å². The van der Waals surface area contributed by atoms with Crippen molar-refractivity contribution in [3.63, 3.8) is 0 Å². The minimum atomic E-state index is 0.379. The predicted molar refractivity (Wildman–Crippen MR) is 58.9 cm³/mol. The molecular weight excluding hydrogens is 202 g/mol. The van der Waals surface area contributed by atoms with Gasteiger partial charge in [-0.05, 0) is 12.3 Å². The van der Waals surface area contributed by atoms with Crippen LogP contribution in [-0.4, -0.2) is 35.6 Å². The first-order valence-corrected chi connectivity index (χ1v) is 5.58. The maximum atomic E-state index is 8.67. The third-order valence-electron chi connectivity index (χ3n) is 3.49. The fourth-order valence-electron chi connectivity index (χ4n) is 2.66. The highest BCUT2D eigenvalue weighted by Gasteiger charge is 2.38. The summed E-state index contributed by atoms with van der Waals surface area (Å²) in [6.45, 7) is 3.20. The zero-order valence-electron chi connectivity index (χ0n) is 8.93. The molecule has 3 rings (SSSR count). The van der Waals surface area contributed by atoms with E-state index in [1.54, 1.807) is 12.4 Å². The zero-order chi connectivity index (χ0) is 11.0. The van der Waals surface area contributed by atoms with Crippen molar-refractivity contribution in [3.8, 4) is 6.07 Å². The van der Waals surface area contributed by atoms with E-state index < -0.39 is 0 Å². The van der Waals surface area contributed by atoms with Gasteiger partial charge in [-0.2, -0.15) is 5.26 Å². The summed E-state index contributed by atoms with van der Waals surface area (Å²) in [5, 5.41) is 12.1. The second-order valence-electron chi connectivity index (χ2n) is 4.34. The zero-order valence-corrected chi connectivity index (χ0v) is 8.93. The van der Waals surface area contributed by atoms with Gasteiger partial charge in [-0.1, -0.05) is 0 Å². The van der Waals surface area contributed by atoms with E-state index >= 15 is 0 Å². The number of hydrogen-bond donors (Lipinski definition) is 1. The summed E-state index contributed by atoms with van der Waals surface area (Å²) in [7, 11) is 0. The molecule has 2 aliphatic rings. The quantitative estimate of drug-likeness (QED) is 0.722. The lowest BCUT2D eigenvalue weighted by Crippen LogP contribution is -2.34. The summed E-state index contributed by atoms with van der Waals surface area (Å²) >= 11 is 0. The summed E-state index contributed by atoms with van der Waals surface area (Å²) in [5.74, 6) is 1.65. The van der Waals surface area contributed by atoms with Crippen LogP contribution in [0.1, 0.15) is 12.1 Å². The molecule has 1 N–H and O–H groups in total. The van der Waals surface area contributed by atoms with Crippen LogP contribution in [0.25, 0.3) is 0 Å². The average Bonchev–Trinajstić information content (AvgIpc) is 2.91. The van der Waals surface area contributed by atoms with Gasteiger partial charge >= 0.3 is 0 Å². The van der Waals surface area contributed by atoms with Crippen molar-refractivity contribution in [3.05, 3.63) is 18.1 Å². The summed E-state index contributed by atoms with van der Waals surface area (Å²) in [6, 6.07) is 2.54. The molecule has 0 amide bonds. The first kappa shape index (κ1) is 9.55. The molecule has 0 saturated carbocycles. The van der Waals surface area contributed by atoms with Gasteiger partial charge < -0.3 is 10.2 Å². The molecule has 1 aromatic heterocycles. The second-order valence-corrected chi connectivity index (χ2v) is 4.34. The van der Waals surface area contributed by atoms with Crippen LogP contribution in [-0.2, 0) is 0 Å². The van der Waals surface area contributed by atoms with Crippen LogP contribution in [0.2, 0.25) is 0 Å². The van der Waals surface area contributed by atoms with Crippen molar-refractivity contribution in [2.75, 3.05) is 24.5 Å². The summed E-state index contributed by atoms with van der Waals surface area (Å²) in [4.78, 5) is 10.7. The van der Waals surface area contributed by atoms with Gasteiger partial charge in [0.05, 0.1) is 12.4 Å². The minimum absolute atomic E-state index is 0.379. The van der Waals surface area contributed by atoms with Crippen molar-refractivity contribution >= 4 is 5.82 Å². The number of nitrogens with zero attached hydrogens (tertiary/aromatic N) is 4. The first-order valence-electron chi connectivity index (χ1n) is 5.58. The highest BCUT2D eigenvalue weighted by Crippen LogP contribution is 2.30. The van der Waals surface area contributed by atoms with E-state index in [2.05, 4.69) is 20.2 Å². The molecular formula is C11H13N5. The van der Waals surface area contributed by atoms with Crippen LogP contribution >= 0.6 is 0 Å². The molecule has 5 nitrogen and oxygen atoms in total. The number of nitriles is 1. The van der Waals surface area contributed by atoms with Crippen LogP contribution in [0.4, 0.5) is 5.82 Å². The predicted octanol–water partition coefficient (Wildman–Crippen LogP) is 0.146. The highest BCUT2D eigenvalue weighted by atomic mass is 15.3. The molecule has 16 heavy (non-hydrogen) atoms. The Morgan fingerprint density at radius 3 is 3.06 bits per heavy atom. The molecule has 2 fully saturated rings. The summed E-state index contributed by atoms with van der Waals surface area (Å²) in [5.41, 5.74) is 0.379.